The topological polar surface area (TPSA) is 116 Å². The lowest BCUT2D eigenvalue weighted by Crippen LogP contribution is -2.47. The summed E-state index contributed by atoms with van der Waals surface area (Å²) in [5, 5.41) is 22.8. The quantitative estimate of drug-likeness (QED) is 0.491. The molecule has 8 heteroatoms. The molecular formula is C10H20N2O5S. The van der Waals surface area contributed by atoms with Gasteiger partial charge in [-0.15, -0.1) is 0 Å². The number of carboxylic acid groups (broad SMARTS) is 1. The van der Waals surface area contributed by atoms with Crippen LogP contribution in [0.3, 0.4) is 0 Å². The molecule has 0 fully saturated rings. The van der Waals surface area contributed by atoms with Gasteiger partial charge in [-0.2, -0.15) is 0 Å². The van der Waals surface area contributed by atoms with Crippen molar-refractivity contribution in [3.63, 3.8) is 0 Å². The Morgan fingerprint density at radius 1 is 1.39 bits per heavy atom. The second-order valence-corrected chi connectivity index (χ2v) is 6.24. The van der Waals surface area contributed by atoms with Crippen LogP contribution < -0.4 is 10.6 Å². The van der Waals surface area contributed by atoms with Gasteiger partial charge in [-0.25, -0.2) is 4.79 Å². The van der Waals surface area contributed by atoms with E-state index < -0.39 is 34.8 Å². The Kier molecular flexibility index (Phi) is 6.85. The first-order chi connectivity index (χ1) is 8.14. The third-order valence-corrected chi connectivity index (χ3v) is 3.58. The van der Waals surface area contributed by atoms with E-state index in [-0.39, 0.29) is 18.3 Å². The lowest BCUT2D eigenvalue weighted by atomic mass is 10.0. The summed E-state index contributed by atoms with van der Waals surface area (Å²) in [5.74, 6) is -1.14. The van der Waals surface area contributed by atoms with Crippen LogP contribution in [0.4, 0.5) is 4.79 Å². The molecule has 18 heavy (non-hydrogen) atoms. The summed E-state index contributed by atoms with van der Waals surface area (Å²) in [6.45, 7) is 3.13. The minimum Gasteiger partial charge on any atom is -0.481 e. The van der Waals surface area contributed by atoms with Crippen molar-refractivity contribution in [1.82, 2.24) is 10.6 Å². The molecular weight excluding hydrogens is 260 g/mol. The van der Waals surface area contributed by atoms with Gasteiger partial charge < -0.3 is 20.8 Å². The monoisotopic (exact) mass is 280 g/mol. The highest BCUT2D eigenvalue weighted by Gasteiger charge is 2.24. The van der Waals surface area contributed by atoms with Crippen molar-refractivity contribution in [3.8, 4) is 0 Å². The van der Waals surface area contributed by atoms with Gasteiger partial charge in [0.1, 0.15) is 0 Å². The molecule has 0 aliphatic carbocycles. The van der Waals surface area contributed by atoms with Crippen molar-refractivity contribution in [2.75, 3.05) is 19.3 Å². The van der Waals surface area contributed by atoms with Gasteiger partial charge in [0.05, 0.1) is 12.0 Å². The van der Waals surface area contributed by atoms with Gasteiger partial charge >= 0.3 is 12.0 Å². The molecule has 3 unspecified atom stereocenters. The molecule has 0 aliphatic rings. The Labute approximate surface area is 108 Å². The molecule has 0 aromatic heterocycles. The summed E-state index contributed by atoms with van der Waals surface area (Å²) in [6, 6.07) is -0.530. The lowest BCUT2D eigenvalue weighted by Gasteiger charge is -2.21. The fraction of sp³-hybridized carbons (Fsp3) is 0.800. The van der Waals surface area contributed by atoms with Crippen molar-refractivity contribution in [2.45, 2.75) is 31.1 Å². The van der Waals surface area contributed by atoms with Gasteiger partial charge in [0, 0.05) is 35.4 Å². The number of carboxylic acids is 1. The van der Waals surface area contributed by atoms with E-state index in [2.05, 4.69) is 10.6 Å². The minimum absolute atomic E-state index is 0.171. The van der Waals surface area contributed by atoms with Crippen molar-refractivity contribution >= 4 is 22.8 Å². The number of amides is 2. The molecule has 0 heterocycles. The summed E-state index contributed by atoms with van der Waals surface area (Å²) < 4.78 is 11.0. The van der Waals surface area contributed by atoms with Crippen LogP contribution in [0, 0.1) is 0 Å². The van der Waals surface area contributed by atoms with Gasteiger partial charge in [-0.3, -0.25) is 9.00 Å². The van der Waals surface area contributed by atoms with Crippen LogP contribution in [0.5, 0.6) is 0 Å². The van der Waals surface area contributed by atoms with E-state index in [1.54, 1.807) is 13.2 Å². The van der Waals surface area contributed by atoms with Gasteiger partial charge in [0.2, 0.25) is 0 Å². The van der Waals surface area contributed by atoms with E-state index in [4.69, 9.17) is 5.11 Å². The number of nitrogens with one attached hydrogen (secondary N) is 2. The number of rotatable bonds is 7. The van der Waals surface area contributed by atoms with Crippen LogP contribution in [0.25, 0.3) is 0 Å². The number of carbonyl (C=O) groups is 2. The van der Waals surface area contributed by atoms with Crippen molar-refractivity contribution < 1.29 is 24.0 Å². The van der Waals surface area contributed by atoms with Crippen LogP contribution in [0.15, 0.2) is 0 Å². The second kappa shape index (κ2) is 7.32. The first-order valence-corrected chi connectivity index (χ1v) is 7.04. The summed E-state index contributed by atoms with van der Waals surface area (Å²) in [7, 11) is -1.03. The van der Waals surface area contributed by atoms with Crippen LogP contribution in [-0.4, -0.2) is 56.6 Å². The summed E-state index contributed by atoms with van der Waals surface area (Å²) in [6.07, 6.45) is 1.09. The molecule has 0 aliphatic heterocycles. The van der Waals surface area contributed by atoms with Crippen LogP contribution in [-0.2, 0) is 15.6 Å². The third kappa shape index (κ3) is 8.02. The maximum absolute atomic E-state index is 11.3. The molecule has 0 bridgehead atoms. The highest BCUT2D eigenvalue weighted by Crippen LogP contribution is 2.06. The molecule has 106 valence electrons. The van der Waals surface area contributed by atoms with Gasteiger partial charge in [-0.05, 0) is 13.8 Å². The Hall–Kier alpha value is -1.15. The fourth-order valence-corrected chi connectivity index (χ4v) is 1.39. The maximum Gasteiger partial charge on any atom is 0.314 e. The van der Waals surface area contributed by atoms with Crippen molar-refractivity contribution in [1.29, 1.82) is 0 Å². The number of hydrogen-bond donors (Lipinski definition) is 4. The predicted molar refractivity (Wildman–Crippen MR) is 67.8 cm³/mol. The molecule has 3 atom stereocenters. The van der Waals surface area contributed by atoms with Crippen LogP contribution in [0.2, 0.25) is 0 Å². The Morgan fingerprint density at radius 3 is 2.39 bits per heavy atom. The normalized spacial score (nSPS) is 17.3. The number of urea groups is 1. The third-order valence-electron chi connectivity index (χ3n) is 2.28. The van der Waals surface area contributed by atoms with E-state index in [9.17, 15) is 18.9 Å². The van der Waals surface area contributed by atoms with Crippen LogP contribution in [0.1, 0.15) is 20.3 Å². The molecule has 0 radical (unpaired) electrons. The summed E-state index contributed by atoms with van der Waals surface area (Å²) in [4.78, 5) is 21.8. The molecule has 4 N–H and O–H groups in total. The standard InChI is InChI=1S/C10H20N2O5S/c1-7(18(3)17)5-11-9(15)12-6-10(2,16)4-8(13)14/h7,16H,4-6H2,1-3H3,(H,13,14)(H2,11,12,15). The molecule has 0 spiro atoms. The van der Waals surface area contributed by atoms with E-state index in [0.29, 0.717) is 0 Å². The highest BCUT2D eigenvalue weighted by molar-refractivity contribution is 7.84. The Morgan fingerprint density at radius 2 is 1.94 bits per heavy atom. The van der Waals surface area contributed by atoms with E-state index in [1.165, 1.54) is 6.92 Å². The molecule has 0 aromatic rings. The second-order valence-electron chi connectivity index (χ2n) is 4.44. The Balaban J connectivity index is 3.96. The zero-order valence-corrected chi connectivity index (χ0v) is 11.5. The average molecular weight is 280 g/mol. The molecule has 7 nitrogen and oxygen atoms in total. The average Bonchev–Trinajstić information content (AvgIpc) is 2.21. The minimum atomic E-state index is -1.50. The molecule has 0 saturated heterocycles. The van der Waals surface area contributed by atoms with Gasteiger partial charge in [0.25, 0.3) is 0 Å². The number of aliphatic carboxylic acids is 1. The van der Waals surface area contributed by atoms with Gasteiger partial charge in [-0.1, -0.05) is 0 Å². The summed E-state index contributed by atoms with van der Waals surface area (Å²) >= 11 is 0. The van der Waals surface area contributed by atoms with Gasteiger partial charge in [0.15, 0.2) is 0 Å². The zero-order valence-electron chi connectivity index (χ0n) is 10.7. The molecule has 0 aromatic carbocycles. The predicted octanol–water partition coefficient (Wildman–Crippen LogP) is -0.722. The van der Waals surface area contributed by atoms with Crippen molar-refractivity contribution in [2.24, 2.45) is 0 Å². The summed E-state index contributed by atoms with van der Waals surface area (Å²) in [5.41, 5.74) is -1.50. The van der Waals surface area contributed by atoms with Crippen LogP contribution >= 0.6 is 0 Å². The van der Waals surface area contributed by atoms with Crippen molar-refractivity contribution in [3.05, 3.63) is 0 Å². The van der Waals surface area contributed by atoms with E-state index in [1.807, 2.05) is 0 Å². The first-order valence-electron chi connectivity index (χ1n) is 5.42. The molecule has 0 rings (SSSR count). The smallest absolute Gasteiger partial charge is 0.314 e. The fourth-order valence-electron chi connectivity index (χ4n) is 1.08. The largest absolute Gasteiger partial charge is 0.481 e. The van der Waals surface area contributed by atoms with E-state index >= 15 is 0 Å². The maximum atomic E-state index is 11.3. The number of carbonyl (C=O) groups excluding carboxylic acids is 1. The zero-order chi connectivity index (χ0) is 14.3. The first kappa shape index (κ1) is 16.9. The Bertz CT molecular complexity index is 332. The molecule has 0 saturated carbocycles. The van der Waals surface area contributed by atoms with E-state index in [0.717, 1.165) is 0 Å². The SMILES string of the molecule is CC(CNC(=O)NCC(C)(O)CC(=O)O)S(C)=O. The number of aliphatic hydroxyl groups is 1. The number of hydrogen-bond acceptors (Lipinski definition) is 4. The molecule has 2 amide bonds. The lowest BCUT2D eigenvalue weighted by molar-refractivity contribution is -0.141. The highest BCUT2D eigenvalue weighted by atomic mass is 32.2.